The quantitative estimate of drug-likeness (QED) is 0.787. The van der Waals surface area contributed by atoms with Gasteiger partial charge in [-0.2, -0.15) is 0 Å². The number of hydrogen-bond acceptors (Lipinski definition) is 5. The molecule has 0 unspecified atom stereocenters. The molecule has 3 aromatic rings. The summed E-state index contributed by atoms with van der Waals surface area (Å²) in [5, 5.41) is 7.52. The molecule has 0 aromatic carbocycles. The van der Waals surface area contributed by atoms with Gasteiger partial charge in [0.1, 0.15) is 5.03 Å². The largest absolute Gasteiger partial charge is 0.329 e. The van der Waals surface area contributed by atoms with Gasteiger partial charge in [0.15, 0.2) is 10.1 Å². The van der Waals surface area contributed by atoms with Gasteiger partial charge in [0.25, 0.3) is 0 Å². The fraction of sp³-hybridized carbons (Fsp3) is 0.385. The van der Waals surface area contributed by atoms with Gasteiger partial charge in [0, 0.05) is 43.6 Å². The molecule has 1 N–H and O–H groups in total. The summed E-state index contributed by atoms with van der Waals surface area (Å²) in [6, 6.07) is 0.449. The molecule has 3 aromatic heterocycles. The molecule has 0 fully saturated rings. The van der Waals surface area contributed by atoms with Crippen LogP contribution in [0.25, 0.3) is 4.96 Å². The molecule has 3 rings (SSSR count). The van der Waals surface area contributed by atoms with Gasteiger partial charge in [-0.25, -0.2) is 9.97 Å². The highest BCUT2D eigenvalue weighted by Crippen LogP contribution is 2.30. The van der Waals surface area contributed by atoms with Gasteiger partial charge in [-0.05, 0) is 11.8 Å². The predicted molar refractivity (Wildman–Crippen MR) is 82.4 cm³/mol. The third kappa shape index (κ3) is 2.61. The first kappa shape index (κ1) is 13.7. The van der Waals surface area contributed by atoms with E-state index in [1.54, 1.807) is 23.1 Å². The molecule has 106 valence electrons. The molecule has 0 radical (unpaired) electrons. The Balaban J connectivity index is 1.94. The van der Waals surface area contributed by atoms with Gasteiger partial charge in [0.2, 0.25) is 0 Å². The van der Waals surface area contributed by atoms with Crippen molar-refractivity contribution in [1.82, 2.24) is 24.3 Å². The van der Waals surface area contributed by atoms with Crippen molar-refractivity contribution in [1.29, 1.82) is 0 Å². The zero-order valence-electron chi connectivity index (χ0n) is 11.7. The highest BCUT2D eigenvalue weighted by Gasteiger charge is 2.16. The maximum absolute atomic E-state index is 4.72. The molecule has 0 amide bonds. The van der Waals surface area contributed by atoms with Gasteiger partial charge < -0.3 is 9.88 Å². The Kier molecular flexibility index (Phi) is 3.82. The normalized spacial score (nSPS) is 11.8. The lowest BCUT2D eigenvalue weighted by atomic mass is 10.3. The molecule has 0 aliphatic heterocycles. The van der Waals surface area contributed by atoms with Crippen molar-refractivity contribution in [2.45, 2.75) is 36.6 Å². The maximum Gasteiger partial charge on any atom is 0.194 e. The van der Waals surface area contributed by atoms with Crippen LogP contribution in [0.15, 0.2) is 34.2 Å². The summed E-state index contributed by atoms with van der Waals surface area (Å²) in [5.74, 6) is 0. The molecular formula is C13H17N5S2. The van der Waals surface area contributed by atoms with Gasteiger partial charge in [-0.1, -0.05) is 13.8 Å². The molecule has 3 heterocycles. The van der Waals surface area contributed by atoms with E-state index in [9.17, 15) is 0 Å². The lowest BCUT2D eigenvalue weighted by Crippen LogP contribution is -2.22. The smallest absolute Gasteiger partial charge is 0.194 e. The Morgan fingerprint density at radius 2 is 2.25 bits per heavy atom. The number of nitrogens with zero attached hydrogens (tertiary/aromatic N) is 4. The number of fused-ring (bicyclic) bond motifs is 1. The summed E-state index contributed by atoms with van der Waals surface area (Å²) in [6.45, 7) is 5.11. The van der Waals surface area contributed by atoms with Gasteiger partial charge in [-0.15, -0.1) is 11.3 Å². The Labute approximate surface area is 126 Å². The van der Waals surface area contributed by atoms with E-state index in [4.69, 9.17) is 4.98 Å². The second-order valence-corrected chi connectivity index (χ2v) is 6.71. The first-order valence-electron chi connectivity index (χ1n) is 6.48. The van der Waals surface area contributed by atoms with Gasteiger partial charge >= 0.3 is 0 Å². The minimum absolute atomic E-state index is 0.449. The van der Waals surface area contributed by atoms with Crippen LogP contribution in [0.3, 0.4) is 0 Å². The van der Waals surface area contributed by atoms with Crippen LogP contribution in [0.5, 0.6) is 0 Å². The Morgan fingerprint density at radius 3 is 2.95 bits per heavy atom. The third-order valence-electron chi connectivity index (χ3n) is 2.97. The van der Waals surface area contributed by atoms with E-state index in [-0.39, 0.29) is 0 Å². The number of rotatable bonds is 5. The zero-order valence-corrected chi connectivity index (χ0v) is 13.3. The van der Waals surface area contributed by atoms with Crippen molar-refractivity contribution >= 4 is 28.1 Å². The standard InChI is InChI=1S/C13H17N5S2/c1-9(2)15-8-10-11(16-13-18(10)6-7-19-13)20-12-14-4-5-17(12)3/h4-7,9,15H,8H2,1-3H3. The van der Waals surface area contributed by atoms with E-state index in [2.05, 4.69) is 40.1 Å². The van der Waals surface area contributed by atoms with Crippen molar-refractivity contribution in [2.24, 2.45) is 7.05 Å². The lowest BCUT2D eigenvalue weighted by Gasteiger charge is -2.08. The van der Waals surface area contributed by atoms with E-state index < -0.39 is 0 Å². The van der Waals surface area contributed by atoms with Crippen molar-refractivity contribution < 1.29 is 0 Å². The topological polar surface area (TPSA) is 47.2 Å². The summed E-state index contributed by atoms with van der Waals surface area (Å²) in [5.41, 5.74) is 1.20. The van der Waals surface area contributed by atoms with Crippen molar-refractivity contribution in [2.75, 3.05) is 0 Å². The molecule has 0 aliphatic rings. The van der Waals surface area contributed by atoms with E-state index in [1.165, 1.54) is 5.69 Å². The molecular weight excluding hydrogens is 290 g/mol. The number of aromatic nitrogens is 4. The Morgan fingerprint density at radius 1 is 1.40 bits per heavy atom. The summed E-state index contributed by atoms with van der Waals surface area (Å²) in [4.78, 5) is 10.1. The lowest BCUT2D eigenvalue weighted by molar-refractivity contribution is 0.574. The van der Waals surface area contributed by atoms with Crippen LogP contribution < -0.4 is 5.32 Å². The molecule has 0 atom stereocenters. The van der Waals surface area contributed by atoms with Crippen molar-refractivity contribution in [3.63, 3.8) is 0 Å². The molecule has 0 saturated carbocycles. The summed E-state index contributed by atoms with van der Waals surface area (Å²) < 4.78 is 4.17. The van der Waals surface area contributed by atoms with E-state index in [1.807, 2.05) is 24.0 Å². The number of nitrogens with one attached hydrogen (secondary N) is 1. The van der Waals surface area contributed by atoms with Crippen LogP contribution in [0, 0.1) is 0 Å². The molecule has 0 bridgehead atoms. The number of imidazole rings is 2. The summed E-state index contributed by atoms with van der Waals surface area (Å²) in [7, 11) is 2.00. The molecule has 5 nitrogen and oxygen atoms in total. The minimum Gasteiger partial charge on any atom is -0.329 e. The van der Waals surface area contributed by atoms with Crippen LogP contribution in [0.2, 0.25) is 0 Å². The molecule has 0 spiro atoms. The van der Waals surface area contributed by atoms with Crippen LogP contribution >= 0.6 is 23.1 Å². The van der Waals surface area contributed by atoms with E-state index in [0.29, 0.717) is 6.04 Å². The SMILES string of the molecule is CC(C)NCc1c(Sc2nccn2C)nc2sccn12. The monoisotopic (exact) mass is 307 g/mol. The second kappa shape index (κ2) is 5.59. The highest BCUT2D eigenvalue weighted by atomic mass is 32.2. The van der Waals surface area contributed by atoms with Gasteiger partial charge in [0.05, 0.1) is 5.69 Å². The van der Waals surface area contributed by atoms with Crippen LogP contribution in [-0.2, 0) is 13.6 Å². The van der Waals surface area contributed by atoms with E-state index >= 15 is 0 Å². The maximum atomic E-state index is 4.72. The average Bonchev–Trinajstić information content (AvgIpc) is 3.05. The summed E-state index contributed by atoms with van der Waals surface area (Å²) in [6.07, 6.45) is 5.84. The average molecular weight is 307 g/mol. The molecule has 0 aliphatic carbocycles. The van der Waals surface area contributed by atoms with Crippen molar-refractivity contribution in [3.05, 3.63) is 29.7 Å². The first-order chi connectivity index (χ1) is 9.65. The highest BCUT2D eigenvalue weighted by molar-refractivity contribution is 7.99. The zero-order chi connectivity index (χ0) is 14.1. The minimum atomic E-state index is 0.449. The summed E-state index contributed by atoms with van der Waals surface area (Å²) >= 11 is 3.27. The fourth-order valence-corrected chi connectivity index (χ4v) is 3.60. The Bertz CT molecular complexity index is 709. The number of thiazole rings is 1. The fourth-order valence-electron chi connectivity index (χ4n) is 1.89. The van der Waals surface area contributed by atoms with Crippen LogP contribution in [-0.4, -0.2) is 25.0 Å². The molecule has 0 saturated heterocycles. The molecule has 7 heteroatoms. The van der Waals surface area contributed by atoms with Gasteiger partial charge in [-0.3, -0.25) is 4.40 Å². The number of aryl methyl sites for hydroxylation is 1. The van der Waals surface area contributed by atoms with Crippen LogP contribution in [0.1, 0.15) is 19.5 Å². The Hall–Kier alpha value is -1.31. The predicted octanol–water partition coefficient (Wildman–Crippen LogP) is 2.78. The second-order valence-electron chi connectivity index (χ2n) is 4.88. The third-order valence-corrected chi connectivity index (χ3v) is 4.82. The number of hydrogen-bond donors (Lipinski definition) is 1. The molecule has 20 heavy (non-hydrogen) atoms. The van der Waals surface area contributed by atoms with E-state index in [0.717, 1.165) is 21.7 Å². The van der Waals surface area contributed by atoms with Crippen LogP contribution in [0.4, 0.5) is 0 Å². The van der Waals surface area contributed by atoms with Crippen molar-refractivity contribution in [3.8, 4) is 0 Å². The first-order valence-corrected chi connectivity index (χ1v) is 8.17.